The first kappa shape index (κ1) is 15.0. The fourth-order valence-electron chi connectivity index (χ4n) is 1.26. The summed E-state index contributed by atoms with van der Waals surface area (Å²) < 4.78 is 27.3. The standard InChI is InChI=1S/C9H15N3O4S2/c1-12-6-7(5-10-12)18(15,16)11-8(9(13)14)3-4-17-2/h5-6,8,11H,3-4H2,1-2H3,(H,13,14). The molecule has 1 rings (SSSR count). The Morgan fingerprint density at radius 3 is 2.78 bits per heavy atom. The summed E-state index contributed by atoms with van der Waals surface area (Å²) in [5.74, 6) is -0.622. The molecule has 0 amide bonds. The largest absolute Gasteiger partial charge is 0.480 e. The number of carbonyl (C=O) groups is 1. The Hall–Kier alpha value is -1.06. The number of rotatable bonds is 7. The molecule has 0 bridgehead atoms. The van der Waals surface area contributed by atoms with Crippen LogP contribution < -0.4 is 4.72 Å². The van der Waals surface area contributed by atoms with Crippen molar-refractivity contribution in [2.75, 3.05) is 12.0 Å². The van der Waals surface area contributed by atoms with Crippen LogP contribution in [0.3, 0.4) is 0 Å². The van der Waals surface area contributed by atoms with Gasteiger partial charge in [0.15, 0.2) is 0 Å². The minimum atomic E-state index is -3.84. The fourth-order valence-corrected chi connectivity index (χ4v) is 2.94. The zero-order valence-corrected chi connectivity index (χ0v) is 11.7. The average molecular weight is 293 g/mol. The maximum Gasteiger partial charge on any atom is 0.321 e. The second-order valence-corrected chi connectivity index (χ2v) is 6.34. The third-order valence-electron chi connectivity index (χ3n) is 2.20. The molecule has 1 heterocycles. The van der Waals surface area contributed by atoms with Crippen LogP contribution >= 0.6 is 11.8 Å². The van der Waals surface area contributed by atoms with Gasteiger partial charge in [-0.1, -0.05) is 0 Å². The van der Waals surface area contributed by atoms with Gasteiger partial charge in [0.05, 0.1) is 6.20 Å². The number of aliphatic carboxylic acids is 1. The van der Waals surface area contributed by atoms with Crippen molar-refractivity contribution in [1.82, 2.24) is 14.5 Å². The lowest BCUT2D eigenvalue weighted by molar-refractivity contribution is -0.139. The number of aromatic nitrogens is 2. The summed E-state index contributed by atoms with van der Waals surface area (Å²) in [7, 11) is -2.25. The fraction of sp³-hybridized carbons (Fsp3) is 0.556. The number of carboxylic acids is 1. The number of thioether (sulfide) groups is 1. The molecule has 2 N–H and O–H groups in total. The van der Waals surface area contributed by atoms with Crippen LogP contribution in [-0.2, 0) is 21.9 Å². The molecule has 0 aromatic carbocycles. The van der Waals surface area contributed by atoms with Gasteiger partial charge in [0.25, 0.3) is 0 Å². The van der Waals surface area contributed by atoms with E-state index < -0.39 is 22.0 Å². The Bertz CT molecular complexity index is 512. The lowest BCUT2D eigenvalue weighted by Gasteiger charge is -2.13. The number of hydrogen-bond acceptors (Lipinski definition) is 5. The van der Waals surface area contributed by atoms with E-state index in [-0.39, 0.29) is 11.3 Å². The van der Waals surface area contributed by atoms with E-state index in [1.807, 2.05) is 6.26 Å². The summed E-state index contributed by atoms with van der Waals surface area (Å²) in [6.07, 6.45) is 4.55. The summed E-state index contributed by atoms with van der Waals surface area (Å²) in [6.45, 7) is 0. The van der Waals surface area contributed by atoms with Crippen molar-refractivity contribution in [2.45, 2.75) is 17.4 Å². The van der Waals surface area contributed by atoms with Crippen LogP contribution in [0.2, 0.25) is 0 Å². The molecular formula is C9H15N3O4S2. The van der Waals surface area contributed by atoms with E-state index in [1.54, 1.807) is 7.05 Å². The van der Waals surface area contributed by atoms with Crippen LogP contribution in [0.1, 0.15) is 6.42 Å². The minimum Gasteiger partial charge on any atom is -0.480 e. The number of aryl methyl sites for hydroxylation is 1. The third kappa shape index (κ3) is 4.00. The highest BCUT2D eigenvalue weighted by Crippen LogP contribution is 2.09. The van der Waals surface area contributed by atoms with Gasteiger partial charge in [-0.05, 0) is 18.4 Å². The summed E-state index contributed by atoms with van der Waals surface area (Å²) >= 11 is 1.46. The monoisotopic (exact) mass is 293 g/mol. The van der Waals surface area contributed by atoms with Gasteiger partial charge >= 0.3 is 5.97 Å². The number of carboxylic acid groups (broad SMARTS) is 1. The Labute approximate surface area is 110 Å². The maximum atomic E-state index is 11.9. The van der Waals surface area contributed by atoms with E-state index in [0.29, 0.717) is 5.75 Å². The summed E-state index contributed by atoms with van der Waals surface area (Å²) in [5, 5.41) is 12.7. The molecule has 102 valence electrons. The lowest BCUT2D eigenvalue weighted by Crippen LogP contribution is -2.41. The first-order valence-electron chi connectivity index (χ1n) is 5.09. The van der Waals surface area contributed by atoms with Gasteiger partial charge in [0.2, 0.25) is 10.0 Å². The molecule has 1 atom stereocenters. The quantitative estimate of drug-likeness (QED) is 0.728. The topological polar surface area (TPSA) is 101 Å². The van der Waals surface area contributed by atoms with E-state index in [4.69, 9.17) is 5.11 Å². The van der Waals surface area contributed by atoms with E-state index >= 15 is 0 Å². The van der Waals surface area contributed by atoms with Gasteiger partial charge in [-0.15, -0.1) is 0 Å². The first-order chi connectivity index (χ1) is 8.36. The molecule has 0 radical (unpaired) electrons. The van der Waals surface area contributed by atoms with Crippen LogP contribution in [0.4, 0.5) is 0 Å². The molecule has 7 nitrogen and oxygen atoms in total. The van der Waals surface area contributed by atoms with Crippen LogP contribution in [-0.4, -0.2) is 47.3 Å². The molecule has 18 heavy (non-hydrogen) atoms. The predicted molar refractivity (Wildman–Crippen MR) is 68.0 cm³/mol. The lowest BCUT2D eigenvalue weighted by atomic mass is 10.2. The Balaban J connectivity index is 2.82. The van der Waals surface area contributed by atoms with Gasteiger partial charge in [-0.3, -0.25) is 9.48 Å². The van der Waals surface area contributed by atoms with Crippen molar-refractivity contribution < 1.29 is 18.3 Å². The highest BCUT2D eigenvalue weighted by atomic mass is 32.2. The molecule has 0 saturated heterocycles. The van der Waals surface area contributed by atoms with Crippen molar-refractivity contribution in [3.8, 4) is 0 Å². The van der Waals surface area contributed by atoms with E-state index in [9.17, 15) is 13.2 Å². The van der Waals surface area contributed by atoms with Crippen molar-refractivity contribution >= 4 is 27.8 Å². The van der Waals surface area contributed by atoms with Crippen LogP contribution in [0.5, 0.6) is 0 Å². The Morgan fingerprint density at radius 2 is 2.33 bits per heavy atom. The minimum absolute atomic E-state index is 0.0413. The molecular weight excluding hydrogens is 278 g/mol. The van der Waals surface area contributed by atoms with Gasteiger partial charge in [0, 0.05) is 13.2 Å². The molecule has 1 unspecified atom stereocenters. The highest BCUT2D eigenvalue weighted by Gasteiger charge is 2.25. The van der Waals surface area contributed by atoms with E-state index in [0.717, 1.165) is 0 Å². The van der Waals surface area contributed by atoms with Crippen molar-refractivity contribution in [1.29, 1.82) is 0 Å². The summed E-state index contributed by atoms with van der Waals surface area (Å²) in [6, 6.07) is -1.12. The van der Waals surface area contributed by atoms with Gasteiger partial charge in [-0.25, -0.2) is 8.42 Å². The number of hydrogen-bond donors (Lipinski definition) is 2. The smallest absolute Gasteiger partial charge is 0.321 e. The zero-order chi connectivity index (χ0) is 13.8. The van der Waals surface area contributed by atoms with Gasteiger partial charge < -0.3 is 5.11 Å². The summed E-state index contributed by atoms with van der Waals surface area (Å²) in [5.41, 5.74) is 0. The molecule has 0 aliphatic rings. The predicted octanol–water partition coefficient (Wildman–Crippen LogP) is -0.0953. The number of nitrogens with zero attached hydrogens (tertiary/aromatic N) is 2. The van der Waals surface area contributed by atoms with Crippen molar-refractivity contribution in [3.05, 3.63) is 12.4 Å². The van der Waals surface area contributed by atoms with Crippen molar-refractivity contribution in [2.24, 2.45) is 7.05 Å². The Morgan fingerprint density at radius 1 is 1.67 bits per heavy atom. The van der Waals surface area contributed by atoms with E-state index in [2.05, 4.69) is 9.82 Å². The van der Waals surface area contributed by atoms with Gasteiger partial charge in [-0.2, -0.15) is 21.6 Å². The first-order valence-corrected chi connectivity index (χ1v) is 7.97. The molecule has 1 aromatic rings. The Kier molecular flexibility index (Phi) is 5.17. The molecule has 0 spiro atoms. The van der Waals surface area contributed by atoms with Crippen LogP contribution in [0.25, 0.3) is 0 Å². The second kappa shape index (κ2) is 6.21. The molecule has 0 fully saturated rings. The van der Waals surface area contributed by atoms with E-state index in [1.165, 1.54) is 28.8 Å². The summed E-state index contributed by atoms with van der Waals surface area (Å²) in [4.78, 5) is 10.9. The second-order valence-electron chi connectivity index (χ2n) is 3.64. The molecule has 0 saturated carbocycles. The normalized spacial score (nSPS) is 13.4. The molecule has 1 aromatic heterocycles. The van der Waals surface area contributed by atoms with Crippen LogP contribution in [0, 0.1) is 0 Å². The average Bonchev–Trinajstić information content (AvgIpc) is 2.71. The zero-order valence-electron chi connectivity index (χ0n) is 10.0. The number of sulfonamides is 1. The SMILES string of the molecule is CSCCC(NS(=O)(=O)c1cnn(C)c1)C(=O)O. The highest BCUT2D eigenvalue weighted by molar-refractivity contribution is 7.98. The maximum absolute atomic E-state index is 11.9. The molecule has 0 aliphatic carbocycles. The third-order valence-corrected chi connectivity index (χ3v) is 4.27. The van der Waals surface area contributed by atoms with Gasteiger partial charge in [0.1, 0.15) is 10.9 Å². The van der Waals surface area contributed by atoms with Crippen LogP contribution in [0.15, 0.2) is 17.3 Å². The molecule has 0 aliphatic heterocycles. The van der Waals surface area contributed by atoms with Crippen molar-refractivity contribution in [3.63, 3.8) is 0 Å². The number of nitrogens with one attached hydrogen (secondary N) is 1. The molecule has 9 heteroatoms.